The molecule has 1 atom stereocenters. The largest absolute Gasteiger partial charge is 0.380 e. The number of carbonyl (C=O) groups excluding carboxylic acids is 1. The number of carbonyl (C=O) groups is 1. The van der Waals surface area contributed by atoms with Gasteiger partial charge >= 0.3 is 0 Å². The molecule has 0 aliphatic carbocycles. The van der Waals surface area contributed by atoms with Gasteiger partial charge in [0.25, 0.3) is 0 Å². The van der Waals surface area contributed by atoms with Gasteiger partial charge < -0.3 is 15.4 Å². The molecule has 1 heterocycles. The molecular formula is C13H27ClN2O2. The van der Waals surface area contributed by atoms with Gasteiger partial charge in [-0.05, 0) is 24.7 Å². The van der Waals surface area contributed by atoms with Crippen LogP contribution in [0.15, 0.2) is 0 Å². The SMILES string of the molecule is COC(CN)CC(=O)N1CCC(C(C)C)CC1.Cl. The summed E-state index contributed by atoms with van der Waals surface area (Å²) in [4.78, 5) is 14.0. The zero-order valence-electron chi connectivity index (χ0n) is 11.7. The molecule has 0 saturated carbocycles. The predicted molar refractivity (Wildman–Crippen MR) is 75.9 cm³/mol. The summed E-state index contributed by atoms with van der Waals surface area (Å²) in [6.45, 7) is 6.71. The van der Waals surface area contributed by atoms with Crippen LogP contribution in [0.25, 0.3) is 0 Å². The second kappa shape index (κ2) is 8.73. The molecule has 1 rings (SSSR count). The summed E-state index contributed by atoms with van der Waals surface area (Å²) >= 11 is 0. The number of nitrogens with zero attached hydrogens (tertiary/aromatic N) is 1. The van der Waals surface area contributed by atoms with E-state index in [0.29, 0.717) is 13.0 Å². The van der Waals surface area contributed by atoms with Crippen molar-refractivity contribution < 1.29 is 9.53 Å². The van der Waals surface area contributed by atoms with E-state index in [1.165, 1.54) is 0 Å². The molecular weight excluding hydrogens is 252 g/mol. The molecule has 1 unspecified atom stereocenters. The second-order valence-electron chi connectivity index (χ2n) is 5.26. The number of hydrogen-bond donors (Lipinski definition) is 1. The van der Waals surface area contributed by atoms with Gasteiger partial charge in [0.2, 0.25) is 5.91 Å². The summed E-state index contributed by atoms with van der Waals surface area (Å²) in [5.74, 6) is 1.68. The first-order valence-electron chi connectivity index (χ1n) is 6.59. The monoisotopic (exact) mass is 278 g/mol. The Balaban J connectivity index is 0.00000289. The topological polar surface area (TPSA) is 55.6 Å². The normalized spacial score (nSPS) is 18.6. The van der Waals surface area contributed by atoms with Crippen molar-refractivity contribution in [1.82, 2.24) is 4.90 Å². The highest BCUT2D eigenvalue weighted by Gasteiger charge is 2.25. The third kappa shape index (κ3) is 5.12. The van der Waals surface area contributed by atoms with Crippen LogP contribution in [0, 0.1) is 11.8 Å². The minimum atomic E-state index is -0.134. The lowest BCUT2D eigenvalue weighted by molar-refractivity contribution is -0.135. The highest BCUT2D eigenvalue weighted by atomic mass is 35.5. The van der Waals surface area contributed by atoms with E-state index < -0.39 is 0 Å². The second-order valence-corrected chi connectivity index (χ2v) is 5.26. The maximum Gasteiger partial charge on any atom is 0.225 e. The van der Waals surface area contributed by atoms with E-state index in [0.717, 1.165) is 37.8 Å². The van der Waals surface area contributed by atoms with Crippen LogP contribution >= 0.6 is 12.4 Å². The quantitative estimate of drug-likeness (QED) is 0.832. The lowest BCUT2D eigenvalue weighted by atomic mass is 9.86. The fourth-order valence-electron chi connectivity index (χ4n) is 2.40. The summed E-state index contributed by atoms with van der Waals surface area (Å²) in [7, 11) is 1.61. The molecule has 1 saturated heterocycles. The van der Waals surface area contributed by atoms with Crippen molar-refractivity contribution >= 4 is 18.3 Å². The van der Waals surface area contributed by atoms with Crippen molar-refractivity contribution in [3.05, 3.63) is 0 Å². The molecule has 18 heavy (non-hydrogen) atoms. The van der Waals surface area contributed by atoms with Crippen molar-refractivity contribution in [3.8, 4) is 0 Å². The Morgan fingerprint density at radius 3 is 2.33 bits per heavy atom. The molecule has 0 radical (unpaired) electrons. The van der Waals surface area contributed by atoms with Crippen LogP contribution in [0.5, 0.6) is 0 Å². The van der Waals surface area contributed by atoms with E-state index in [2.05, 4.69) is 13.8 Å². The molecule has 108 valence electrons. The van der Waals surface area contributed by atoms with Gasteiger partial charge in [-0.3, -0.25) is 4.79 Å². The van der Waals surface area contributed by atoms with Gasteiger partial charge in [-0.2, -0.15) is 0 Å². The lowest BCUT2D eigenvalue weighted by Crippen LogP contribution is -2.41. The smallest absolute Gasteiger partial charge is 0.225 e. The van der Waals surface area contributed by atoms with Crippen LogP contribution in [-0.2, 0) is 9.53 Å². The summed E-state index contributed by atoms with van der Waals surface area (Å²) in [6, 6.07) is 0. The summed E-state index contributed by atoms with van der Waals surface area (Å²) in [5, 5.41) is 0. The van der Waals surface area contributed by atoms with Gasteiger partial charge in [-0.25, -0.2) is 0 Å². The molecule has 0 aromatic heterocycles. The molecule has 0 bridgehead atoms. The fraction of sp³-hybridized carbons (Fsp3) is 0.923. The number of methoxy groups -OCH3 is 1. The van der Waals surface area contributed by atoms with Gasteiger partial charge in [-0.15, -0.1) is 12.4 Å². The zero-order chi connectivity index (χ0) is 12.8. The fourth-order valence-corrected chi connectivity index (χ4v) is 2.40. The maximum absolute atomic E-state index is 12.0. The summed E-state index contributed by atoms with van der Waals surface area (Å²) in [5.41, 5.74) is 5.53. The number of halogens is 1. The van der Waals surface area contributed by atoms with Crippen LogP contribution in [0.4, 0.5) is 0 Å². The van der Waals surface area contributed by atoms with Crippen LogP contribution in [0.2, 0.25) is 0 Å². The number of ether oxygens (including phenoxy) is 1. The summed E-state index contributed by atoms with van der Waals surface area (Å²) in [6.07, 6.45) is 2.54. The molecule has 1 aliphatic rings. The van der Waals surface area contributed by atoms with Crippen LogP contribution in [-0.4, -0.2) is 43.7 Å². The van der Waals surface area contributed by atoms with Crippen molar-refractivity contribution in [3.63, 3.8) is 0 Å². The molecule has 0 aromatic rings. The van der Waals surface area contributed by atoms with E-state index in [9.17, 15) is 4.79 Å². The molecule has 4 nitrogen and oxygen atoms in total. The Morgan fingerprint density at radius 2 is 1.94 bits per heavy atom. The molecule has 1 aliphatic heterocycles. The average Bonchev–Trinajstić information content (AvgIpc) is 2.35. The third-order valence-electron chi connectivity index (χ3n) is 3.83. The number of likely N-dealkylation sites (tertiary alicyclic amines) is 1. The van der Waals surface area contributed by atoms with Gasteiger partial charge in [-0.1, -0.05) is 13.8 Å². The first-order chi connectivity index (χ1) is 8.08. The van der Waals surface area contributed by atoms with Crippen LogP contribution in [0.3, 0.4) is 0 Å². The average molecular weight is 279 g/mol. The standard InChI is InChI=1S/C13H26N2O2.ClH/c1-10(2)11-4-6-15(7-5-11)13(16)8-12(9-14)17-3;/h10-12H,4-9,14H2,1-3H3;1H. The Kier molecular flexibility index (Phi) is 8.57. The molecule has 2 N–H and O–H groups in total. The van der Waals surface area contributed by atoms with Crippen molar-refractivity contribution in [1.29, 1.82) is 0 Å². The number of hydrogen-bond acceptors (Lipinski definition) is 3. The van der Waals surface area contributed by atoms with E-state index in [4.69, 9.17) is 10.5 Å². The van der Waals surface area contributed by atoms with Crippen molar-refractivity contribution in [2.45, 2.75) is 39.2 Å². The van der Waals surface area contributed by atoms with Crippen molar-refractivity contribution in [2.75, 3.05) is 26.7 Å². The summed E-state index contributed by atoms with van der Waals surface area (Å²) < 4.78 is 5.15. The van der Waals surface area contributed by atoms with E-state index in [1.54, 1.807) is 7.11 Å². The number of piperidine rings is 1. The zero-order valence-corrected chi connectivity index (χ0v) is 12.5. The molecule has 0 spiro atoms. The highest BCUT2D eigenvalue weighted by molar-refractivity contribution is 5.85. The lowest BCUT2D eigenvalue weighted by Gasteiger charge is -2.34. The number of amides is 1. The molecule has 1 amide bonds. The minimum Gasteiger partial charge on any atom is -0.380 e. The number of nitrogens with two attached hydrogens (primary N) is 1. The molecule has 0 aromatic carbocycles. The highest BCUT2D eigenvalue weighted by Crippen LogP contribution is 2.24. The van der Waals surface area contributed by atoms with Gasteiger partial charge in [0.05, 0.1) is 12.5 Å². The molecule has 1 fully saturated rings. The third-order valence-corrected chi connectivity index (χ3v) is 3.83. The van der Waals surface area contributed by atoms with E-state index in [1.807, 2.05) is 4.90 Å². The van der Waals surface area contributed by atoms with Gasteiger partial charge in [0, 0.05) is 26.7 Å². The first kappa shape index (κ1) is 17.7. The maximum atomic E-state index is 12.0. The minimum absolute atomic E-state index is 0. The van der Waals surface area contributed by atoms with E-state index >= 15 is 0 Å². The Hall–Kier alpha value is -0.320. The van der Waals surface area contributed by atoms with Crippen LogP contribution < -0.4 is 5.73 Å². The van der Waals surface area contributed by atoms with Crippen LogP contribution in [0.1, 0.15) is 33.1 Å². The number of rotatable bonds is 5. The molecule has 5 heteroatoms. The Bertz CT molecular complexity index is 237. The Labute approximate surface area is 117 Å². The predicted octanol–water partition coefficient (Wildman–Crippen LogP) is 1.67. The van der Waals surface area contributed by atoms with Gasteiger partial charge in [0.15, 0.2) is 0 Å². The Morgan fingerprint density at radius 1 is 1.39 bits per heavy atom. The van der Waals surface area contributed by atoms with Crippen molar-refractivity contribution in [2.24, 2.45) is 17.6 Å². The van der Waals surface area contributed by atoms with Gasteiger partial charge in [0.1, 0.15) is 0 Å². The first-order valence-corrected chi connectivity index (χ1v) is 6.59. The van der Waals surface area contributed by atoms with E-state index in [-0.39, 0.29) is 24.4 Å².